The van der Waals surface area contributed by atoms with Crippen LogP contribution < -0.4 is 0 Å². The fourth-order valence-corrected chi connectivity index (χ4v) is 3.88. The Labute approximate surface area is 109 Å². The fourth-order valence-electron chi connectivity index (χ4n) is 3.88. The van der Waals surface area contributed by atoms with Crippen molar-refractivity contribution in [2.75, 3.05) is 0 Å². The largest absolute Gasteiger partial charge is 0.393 e. The second kappa shape index (κ2) is 4.48. The zero-order valence-electron chi connectivity index (χ0n) is 11.5. The van der Waals surface area contributed by atoms with Crippen LogP contribution in [0.1, 0.15) is 27.2 Å². The molecule has 1 heterocycles. The van der Waals surface area contributed by atoms with Crippen molar-refractivity contribution < 1.29 is 14.9 Å². The molecule has 102 valence electrons. The molecule has 3 heteroatoms. The summed E-state index contributed by atoms with van der Waals surface area (Å²) in [4.78, 5) is 0. The maximum absolute atomic E-state index is 10.4. The SMILES string of the molecule is C=C[C@@]1(C)C[C@H](O)[C@H]2[C@H](C)[C@H](O)O[C@H]2[C@@H]1C(=C)C. The van der Waals surface area contributed by atoms with Gasteiger partial charge in [0.1, 0.15) is 0 Å². The van der Waals surface area contributed by atoms with Crippen LogP contribution in [-0.4, -0.2) is 28.7 Å². The van der Waals surface area contributed by atoms with Gasteiger partial charge in [-0.2, -0.15) is 0 Å². The van der Waals surface area contributed by atoms with Crippen molar-refractivity contribution in [2.24, 2.45) is 23.2 Å². The monoisotopic (exact) mass is 252 g/mol. The van der Waals surface area contributed by atoms with E-state index in [0.29, 0.717) is 6.42 Å². The number of ether oxygens (including phenoxy) is 1. The van der Waals surface area contributed by atoms with Gasteiger partial charge in [0.05, 0.1) is 12.2 Å². The Bertz CT molecular complexity index is 365. The van der Waals surface area contributed by atoms with Crippen molar-refractivity contribution in [3.05, 3.63) is 24.8 Å². The average Bonchev–Trinajstić information content (AvgIpc) is 2.54. The average molecular weight is 252 g/mol. The molecule has 2 fully saturated rings. The van der Waals surface area contributed by atoms with Crippen LogP contribution in [0.2, 0.25) is 0 Å². The van der Waals surface area contributed by atoms with E-state index >= 15 is 0 Å². The molecule has 0 unspecified atom stereocenters. The summed E-state index contributed by atoms with van der Waals surface area (Å²) in [6.45, 7) is 14.0. The van der Waals surface area contributed by atoms with E-state index in [2.05, 4.69) is 20.1 Å². The number of rotatable bonds is 2. The van der Waals surface area contributed by atoms with E-state index in [4.69, 9.17) is 4.74 Å². The van der Waals surface area contributed by atoms with Gasteiger partial charge in [-0.25, -0.2) is 0 Å². The first-order chi connectivity index (χ1) is 8.31. The number of hydrogen-bond donors (Lipinski definition) is 2. The van der Waals surface area contributed by atoms with Crippen LogP contribution in [0.25, 0.3) is 0 Å². The number of aliphatic hydroxyl groups is 2. The van der Waals surface area contributed by atoms with Crippen LogP contribution in [-0.2, 0) is 4.74 Å². The first-order valence-electron chi connectivity index (χ1n) is 6.62. The number of hydrogen-bond acceptors (Lipinski definition) is 3. The first-order valence-corrected chi connectivity index (χ1v) is 6.62. The molecule has 1 saturated heterocycles. The van der Waals surface area contributed by atoms with Gasteiger partial charge in [-0.05, 0) is 18.8 Å². The van der Waals surface area contributed by atoms with Crippen LogP contribution in [0.4, 0.5) is 0 Å². The molecule has 0 aromatic heterocycles. The second-order valence-corrected chi connectivity index (χ2v) is 6.23. The van der Waals surface area contributed by atoms with Gasteiger partial charge in [0.2, 0.25) is 0 Å². The molecular formula is C15H24O3. The highest BCUT2D eigenvalue weighted by molar-refractivity contribution is 5.18. The van der Waals surface area contributed by atoms with E-state index in [1.54, 1.807) is 0 Å². The van der Waals surface area contributed by atoms with Gasteiger partial charge in [0.25, 0.3) is 0 Å². The molecule has 2 N–H and O–H groups in total. The predicted molar refractivity (Wildman–Crippen MR) is 70.8 cm³/mol. The molecule has 0 radical (unpaired) electrons. The van der Waals surface area contributed by atoms with Crippen molar-refractivity contribution in [1.82, 2.24) is 0 Å². The molecule has 18 heavy (non-hydrogen) atoms. The lowest BCUT2D eigenvalue weighted by molar-refractivity contribution is -0.136. The molecule has 0 amide bonds. The smallest absolute Gasteiger partial charge is 0.157 e. The highest BCUT2D eigenvalue weighted by atomic mass is 16.6. The van der Waals surface area contributed by atoms with Crippen LogP contribution in [0.15, 0.2) is 24.8 Å². The third-order valence-electron chi connectivity index (χ3n) is 4.86. The molecule has 0 aromatic rings. The van der Waals surface area contributed by atoms with Gasteiger partial charge < -0.3 is 14.9 Å². The Morgan fingerprint density at radius 1 is 1.44 bits per heavy atom. The van der Waals surface area contributed by atoms with Gasteiger partial charge in [0.15, 0.2) is 6.29 Å². The summed E-state index contributed by atoms with van der Waals surface area (Å²) < 4.78 is 5.71. The van der Waals surface area contributed by atoms with Crippen molar-refractivity contribution in [1.29, 1.82) is 0 Å². The molecule has 0 bridgehead atoms. The second-order valence-electron chi connectivity index (χ2n) is 6.23. The van der Waals surface area contributed by atoms with E-state index in [0.717, 1.165) is 5.57 Å². The maximum atomic E-state index is 10.4. The summed E-state index contributed by atoms with van der Waals surface area (Å²) in [6.07, 6.45) is 1.13. The molecule has 1 aliphatic heterocycles. The quantitative estimate of drug-likeness (QED) is 0.740. The van der Waals surface area contributed by atoms with E-state index < -0.39 is 12.4 Å². The molecule has 0 aromatic carbocycles. The zero-order valence-corrected chi connectivity index (χ0v) is 11.5. The maximum Gasteiger partial charge on any atom is 0.157 e. The summed E-state index contributed by atoms with van der Waals surface area (Å²) in [5, 5.41) is 20.3. The van der Waals surface area contributed by atoms with Gasteiger partial charge in [-0.15, -0.1) is 6.58 Å². The predicted octanol–water partition coefficient (Wildman–Crippen LogP) is 2.11. The molecule has 2 rings (SSSR count). The van der Waals surface area contributed by atoms with E-state index in [1.807, 2.05) is 19.9 Å². The van der Waals surface area contributed by atoms with Crippen LogP contribution in [0.5, 0.6) is 0 Å². The van der Waals surface area contributed by atoms with Gasteiger partial charge >= 0.3 is 0 Å². The van der Waals surface area contributed by atoms with Crippen LogP contribution >= 0.6 is 0 Å². The van der Waals surface area contributed by atoms with Crippen LogP contribution in [0.3, 0.4) is 0 Å². The topological polar surface area (TPSA) is 49.7 Å². The summed E-state index contributed by atoms with van der Waals surface area (Å²) in [6, 6.07) is 0. The third-order valence-corrected chi connectivity index (χ3v) is 4.86. The Hall–Kier alpha value is -0.640. The van der Waals surface area contributed by atoms with Gasteiger partial charge in [0, 0.05) is 17.8 Å². The minimum absolute atomic E-state index is 0.0188. The number of fused-ring (bicyclic) bond motifs is 1. The summed E-state index contributed by atoms with van der Waals surface area (Å²) in [5.74, 6) is 0.0407. The Morgan fingerprint density at radius 3 is 2.56 bits per heavy atom. The minimum Gasteiger partial charge on any atom is -0.393 e. The molecular weight excluding hydrogens is 228 g/mol. The first kappa shape index (κ1) is 13.8. The lowest BCUT2D eigenvalue weighted by Gasteiger charge is -2.48. The Morgan fingerprint density at radius 2 is 2.06 bits per heavy atom. The highest BCUT2D eigenvalue weighted by Crippen LogP contribution is 2.53. The molecule has 1 aliphatic carbocycles. The standard InChI is InChI=1S/C15H24O3/c1-6-15(5)7-10(16)11-9(4)14(17)18-13(11)12(15)8(2)3/h6,9-14,16-17H,1-2,7H2,3-5H3/t9-,10-,11+,12-,13+,14+,15-/m0/s1. The molecule has 7 atom stereocenters. The minimum atomic E-state index is -0.788. The zero-order chi connectivity index (χ0) is 13.7. The van der Waals surface area contributed by atoms with Crippen molar-refractivity contribution in [2.45, 2.75) is 45.7 Å². The number of allylic oxidation sites excluding steroid dienone is 1. The number of aliphatic hydroxyl groups excluding tert-OH is 2. The molecule has 3 nitrogen and oxygen atoms in total. The summed E-state index contributed by atoms with van der Waals surface area (Å²) in [7, 11) is 0. The molecule has 2 aliphatic rings. The van der Waals surface area contributed by atoms with Gasteiger partial charge in [-0.3, -0.25) is 0 Å². The Kier molecular flexibility index (Phi) is 3.43. The van der Waals surface area contributed by atoms with Crippen molar-refractivity contribution in [3.8, 4) is 0 Å². The summed E-state index contributed by atoms with van der Waals surface area (Å²) in [5.41, 5.74) is 0.802. The van der Waals surface area contributed by atoms with Crippen LogP contribution in [0, 0.1) is 23.2 Å². The lowest BCUT2D eigenvalue weighted by Crippen LogP contribution is -2.50. The van der Waals surface area contributed by atoms with Crippen molar-refractivity contribution >= 4 is 0 Å². The lowest BCUT2D eigenvalue weighted by atomic mass is 9.58. The van der Waals surface area contributed by atoms with Gasteiger partial charge in [-0.1, -0.05) is 32.1 Å². The highest BCUT2D eigenvalue weighted by Gasteiger charge is 2.56. The Balaban J connectivity index is 2.41. The molecule has 1 saturated carbocycles. The van der Waals surface area contributed by atoms with Crippen molar-refractivity contribution in [3.63, 3.8) is 0 Å². The third kappa shape index (κ3) is 1.85. The molecule has 0 spiro atoms. The van der Waals surface area contributed by atoms with E-state index in [1.165, 1.54) is 0 Å². The summed E-state index contributed by atoms with van der Waals surface area (Å²) >= 11 is 0. The normalized spacial score (nSPS) is 51.8. The van der Waals surface area contributed by atoms with E-state index in [-0.39, 0.29) is 29.3 Å². The van der Waals surface area contributed by atoms with E-state index in [9.17, 15) is 10.2 Å². The fraction of sp³-hybridized carbons (Fsp3) is 0.733.